The number of rotatable bonds is 15. The summed E-state index contributed by atoms with van der Waals surface area (Å²) < 4.78 is 0. The molecule has 8 nitrogen and oxygen atoms in total. The van der Waals surface area contributed by atoms with E-state index < -0.39 is 24.2 Å². The summed E-state index contributed by atoms with van der Waals surface area (Å²) in [5, 5.41) is 27.0. The number of hydroxylamine groups is 2. The second kappa shape index (κ2) is 16.1. The predicted octanol–water partition coefficient (Wildman–Crippen LogP) is 5.98. The van der Waals surface area contributed by atoms with Gasteiger partial charge in [-0.2, -0.15) is 5.06 Å². The summed E-state index contributed by atoms with van der Waals surface area (Å²) in [6.45, 7) is 15.7. The summed E-state index contributed by atoms with van der Waals surface area (Å²) >= 11 is 6.67. The lowest BCUT2D eigenvalue weighted by molar-refractivity contribution is -0.183. The van der Waals surface area contributed by atoms with Gasteiger partial charge in [-0.3, -0.25) is 14.5 Å². The van der Waals surface area contributed by atoms with Crippen molar-refractivity contribution in [2.75, 3.05) is 27.2 Å². The highest BCUT2D eigenvalue weighted by Crippen LogP contribution is 2.61. The van der Waals surface area contributed by atoms with E-state index in [0.29, 0.717) is 41.7 Å². The van der Waals surface area contributed by atoms with Crippen molar-refractivity contribution in [1.29, 1.82) is 0 Å². The van der Waals surface area contributed by atoms with E-state index in [1.807, 2.05) is 18.2 Å². The molecule has 1 heterocycles. The molecular weight excluding hydrogens is 636 g/mol. The molecule has 6 rings (SSSR count). The summed E-state index contributed by atoms with van der Waals surface area (Å²) in [5.74, 6) is 1.47. The summed E-state index contributed by atoms with van der Waals surface area (Å²) in [6, 6.07) is 16.3. The van der Waals surface area contributed by atoms with Crippen molar-refractivity contribution in [3.05, 3.63) is 70.2 Å². The van der Waals surface area contributed by atoms with Gasteiger partial charge in [-0.1, -0.05) is 88.7 Å². The van der Waals surface area contributed by atoms with Crippen molar-refractivity contribution < 1.29 is 19.8 Å². The zero-order valence-corrected chi connectivity index (χ0v) is 31.7. The second-order valence-corrected chi connectivity index (χ2v) is 17.0. The molecule has 3 aliphatic carbocycles. The maximum absolute atomic E-state index is 14.1. The fourth-order valence-corrected chi connectivity index (χ4v) is 9.38. The number of aliphatic hydroxyl groups excluding tert-OH is 2. The average Bonchev–Trinajstić information content (AvgIpc) is 3.40. The number of carbonyl (C=O) groups excluding carboxylic acids is 1. The molecule has 2 bridgehead atoms. The van der Waals surface area contributed by atoms with Crippen molar-refractivity contribution in [1.82, 2.24) is 20.2 Å². The van der Waals surface area contributed by atoms with Crippen LogP contribution in [0.1, 0.15) is 77.5 Å². The fraction of sp³-hybridized carbons (Fsp3) is 0.675. The SMILES string of the molecule is CC(C)C[C@@H](CN(C)C)N(Cc1cccc(CN2O[C@@H](CO)[C@@H]([C@H](C)O)[C@H]2C(=O)N[C@H]2C[C@@H]3C[C@@H]([C@H]2C)C3(C)C)c1)Cc1ccccc1Cl. The number of amides is 1. The highest BCUT2D eigenvalue weighted by Gasteiger charge is 2.57. The van der Waals surface area contributed by atoms with Crippen molar-refractivity contribution in [3.63, 3.8) is 0 Å². The van der Waals surface area contributed by atoms with Gasteiger partial charge in [0.05, 0.1) is 19.3 Å². The van der Waals surface area contributed by atoms with Crippen LogP contribution in [0.5, 0.6) is 0 Å². The Hall–Kier alpha value is -2.04. The van der Waals surface area contributed by atoms with E-state index in [4.69, 9.17) is 16.4 Å². The summed E-state index contributed by atoms with van der Waals surface area (Å²) in [4.78, 5) is 25.2. The van der Waals surface area contributed by atoms with Crippen LogP contribution in [0.4, 0.5) is 0 Å². The normalized spacial score (nSPS) is 29.3. The van der Waals surface area contributed by atoms with E-state index >= 15 is 0 Å². The van der Waals surface area contributed by atoms with Crippen LogP contribution in [-0.4, -0.2) is 88.6 Å². The Bertz CT molecular complexity index is 1390. The van der Waals surface area contributed by atoms with E-state index in [0.717, 1.165) is 48.6 Å². The third-order valence-electron chi connectivity index (χ3n) is 11.9. The summed E-state index contributed by atoms with van der Waals surface area (Å²) in [5.41, 5.74) is 3.61. The molecule has 2 aromatic carbocycles. The smallest absolute Gasteiger partial charge is 0.240 e. The van der Waals surface area contributed by atoms with E-state index in [1.54, 1.807) is 12.0 Å². The number of halogens is 1. The molecule has 0 spiro atoms. The largest absolute Gasteiger partial charge is 0.394 e. The van der Waals surface area contributed by atoms with Crippen LogP contribution in [0.2, 0.25) is 5.02 Å². The molecule has 0 aromatic heterocycles. The lowest BCUT2D eigenvalue weighted by atomic mass is 9.45. The number of carbonyl (C=O) groups is 1. The van der Waals surface area contributed by atoms with Gasteiger partial charge in [0.1, 0.15) is 12.1 Å². The number of hydrogen-bond donors (Lipinski definition) is 3. The second-order valence-electron chi connectivity index (χ2n) is 16.6. The van der Waals surface area contributed by atoms with E-state index in [2.05, 4.69) is 94.2 Å². The topological polar surface area (TPSA) is 88.5 Å². The van der Waals surface area contributed by atoms with E-state index in [-0.39, 0.29) is 18.6 Å². The average molecular weight is 697 g/mol. The number of likely N-dealkylation sites (N-methyl/N-ethyl adjacent to an activating group) is 1. The molecule has 49 heavy (non-hydrogen) atoms. The van der Waals surface area contributed by atoms with Gasteiger partial charge in [0.15, 0.2) is 0 Å². The fourth-order valence-electron chi connectivity index (χ4n) is 9.19. The van der Waals surface area contributed by atoms with Gasteiger partial charge in [0.25, 0.3) is 0 Å². The molecule has 1 aliphatic heterocycles. The van der Waals surface area contributed by atoms with Crippen molar-refractivity contribution in [2.24, 2.45) is 35.0 Å². The number of fused-ring (bicyclic) bond motifs is 2. The molecule has 2 aromatic rings. The Labute approximate surface area is 300 Å². The van der Waals surface area contributed by atoms with Gasteiger partial charge in [-0.15, -0.1) is 0 Å². The Morgan fingerprint density at radius 3 is 2.41 bits per heavy atom. The number of aliphatic hydroxyl groups is 2. The van der Waals surface area contributed by atoms with Crippen LogP contribution in [0.3, 0.4) is 0 Å². The minimum atomic E-state index is -0.826. The third-order valence-corrected chi connectivity index (χ3v) is 12.3. The molecule has 1 amide bonds. The highest BCUT2D eigenvalue weighted by molar-refractivity contribution is 6.31. The molecule has 3 saturated carbocycles. The molecule has 1 saturated heterocycles. The Balaban J connectivity index is 1.36. The minimum Gasteiger partial charge on any atom is -0.394 e. The third kappa shape index (κ3) is 8.71. The van der Waals surface area contributed by atoms with Crippen molar-refractivity contribution in [2.45, 2.75) is 111 Å². The first-order valence-electron chi connectivity index (χ1n) is 18.4. The molecular formula is C40H61ClN4O4. The summed E-state index contributed by atoms with van der Waals surface area (Å²) in [7, 11) is 4.26. The lowest BCUT2D eigenvalue weighted by Crippen LogP contribution is -2.62. The van der Waals surface area contributed by atoms with Gasteiger partial charge >= 0.3 is 0 Å². The van der Waals surface area contributed by atoms with E-state index in [1.165, 1.54) is 12.0 Å². The monoisotopic (exact) mass is 696 g/mol. The molecule has 0 radical (unpaired) electrons. The molecule has 0 unspecified atom stereocenters. The first-order chi connectivity index (χ1) is 23.2. The van der Waals surface area contributed by atoms with Gasteiger partial charge in [0, 0.05) is 42.7 Å². The zero-order valence-electron chi connectivity index (χ0n) is 31.0. The quantitative estimate of drug-likeness (QED) is 0.211. The summed E-state index contributed by atoms with van der Waals surface area (Å²) in [6.07, 6.45) is 1.78. The number of nitrogens with zero attached hydrogens (tertiary/aromatic N) is 3. The van der Waals surface area contributed by atoms with Crippen LogP contribution in [0.15, 0.2) is 48.5 Å². The molecule has 9 atom stereocenters. The van der Waals surface area contributed by atoms with Crippen LogP contribution in [0.25, 0.3) is 0 Å². The number of benzene rings is 2. The zero-order chi connectivity index (χ0) is 35.6. The number of hydrogen-bond acceptors (Lipinski definition) is 7. The van der Waals surface area contributed by atoms with Gasteiger partial charge in [-0.05, 0) is 92.1 Å². The molecule has 4 fully saturated rings. The standard InChI is InChI=1S/C40H61ClN4O4/c1-25(2)16-32(23-43(7)8)44(22-30-14-9-10-15-34(30)41)20-28-12-11-13-29(17-28)21-45-38(37(27(4)47)36(24-46)49-45)39(48)42-35-19-31-18-33(26(35)3)40(31,5)6/h9-15,17,25-27,31-33,35-38,46-47H,16,18-24H2,1-8H3,(H,42,48)/t26-,27+,31+,32+,33+,35+,36+,37-,38+/m1/s1. The van der Waals surface area contributed by atoms with Gasteiger partial charge < -0.3 is 20.4 Å². The minimum absolute atomic E-state index is 0.0994. The number of nitrogens with one attached hydrogen (secondary N) is 1. The van der Waals surface area contributed by atoms with Crippen molar-refractivity contribution in [3.8, 4) is 0 Å². The Morgan fingerprint density at radius 1 is 1.08 bits per heavy atom. The van der Waals surface area contributed by atoms with Crippen LogP contribution < -0.4 is 5.32 Å². The molecule has 3 N–H and O–H groups in total. The Kier molecular flexibility index (Phi) is 12.6. The van der Waals surface area contributed by atoms with Crippen LogP contribution >= 0.6 is 11.6 Å². The first kappa shape index (κ1) is 38.2. The maximum Gasteiger partial charge on any atom is 0.240 e. The van der Waals surface area contributed by atoms with Gasteiger partial charge in [0.2, 0.25) is 5.91 Å². The molecule has 4 aliphatic rings. The van der Waals surface area contributed by atoms with Crippen molar-refractivity contribution >= 4 is 17.5 Å². The molecule has 272 valence electrons. The maximum atomic E-state index is 14.1. The molecule has 9 heteroatoms. The predicted molar refractivity (Wildman–Crippen MR) is 196 cm³/mol. The lowest BCUT2D eigenvalue weighted by Gasteiger charge is -2.62. The van der Waals surface area contributed by atoms with Gasteiger partial charge in [-0.25, -0.2) is 0 Å². The first-order valence-corrected chi connectivity index (χ1v) is 18.8. The van der Waals surface area contributed by atoms with E-state index in [9.17, 15) is 15.0 Å². The highest BCUT2D eigenvalue weighted by atomic mass is 35.5. The van der Waals surface area contributed by atoms with Crippen LogP contribution in [-0.2, 0) is 29.3 Å². The van der Waals surface area contributed by atoms with Crippen LogP contribution in [0, 0.1) is 35.0 Å². The Morgan fingerprint density at radius 2 is 1.80 bits per heavy atom.